The number of rotatable bonds is 3. The molecule has 0 amide bonds. The lowest BCUT2D eigenvalue weighted by Crippen LogP contribution is -2.08. The molecule has 1 heterocycles. The maximum absolute atomic E-state index is 6.02. The molecule has 0 atom stereocenters. The van der Waals surface area contributed by atoms with Crippen molar-refractivity contribution in [3.63, 3.8) is 0 Å². The van der Waals surface area contributed by atoms with Gasteiger partial charge >= 0.3 is 0 Å². The molecule has 0 spiro atoms. The van der Waals surface area contributed by atoms with Crippen molar-refractivity contribution in [3.05, 3.63) is 33.5 Å². The second-order valence-corrected chi connectivity index (χ2v) is 4.90. The predicted octanol–water partition coefficient (Wildman–Crippen LogP) is 2.84. The van der Waals surface area contributed by atoms with Gasteiger partial charge in [-0.25, -0.2) is 0 Å². The Morgan fingerprint density at radius 1 is 1.35 bits per heavy atom. The predicted molar refractivity (Wildman–Crippen MR) is 71.7 cm³/mol. The van der Waals surface area contributed by atoms with E-state index in [2.05, 4.69) is 26.1 Å². The molecule has 1 aromatic carbocycles. The average molecular weight is 316 g/mol. The Morgan fingerprint density at radius 2 is 2.12 bits per heavy atom. The molecule has 90 valence electrons. The topological polar surface area (TPSA) is 56.7 Å². The number of hydrogen-bond acceptors (Lipinski definition) is 3. The first-order valence-electron chi connectivity index (χ1n) is 5.24. The maximum Gasteiger partial charge on any atom is 0.164 e. The standard InChI is InChI=1S/C11H12BrClN4/c1-2-17-10(6-14)15-16-11(17)7-3-8(12)5-9(13)4-7/h3-5H,2,6,14H2,1H3. The second kappa shape index (κ2) is 5.16. The molecule has 0 aliphatic heterocycles. The summed E-state index contributed by atoms with van der Waals surface area (Å²) in [6, 6.07) is 5.66. The van der Waals surface area contributed by atoms with Gasteiger partial charge in [-0.2, -0.15) is 0 Å². The van der Waals surface area contributed by atoms with Crippen LogP contribution in [0.4, 0.5) is 0 Å². The van der Waals surface area contributed by atoms with E-state index < -0.39 is 0 Å². The summed E-state index contributed by atoms with van der Waals surface area (Å²) < 4.78 is 2.90. The van der Waals surface area contributed by atoms with Gasteiger partial charge in [-0.05, 0) is 25.1 Å². The highest BCUT2D eigenvalue weighted by atomic mass is 79.9. The molecule has 0 saturated heterocycles. The maximum atomic E-state index is 6.02. The molecular formula is C11H12BrClN4. The van der Waals surface area contributed by atoms with Crippen molar-refractivity contribution in [2.45, 2.75) is 20.0 Å². The van der Waals surface area contributed by atoms with Crippen LogP contribution in [0, 0.1) is 0 Å². The second-order valence-electron chi connectivity index (χ2n) is 3.55. The molecule has 6 heteroatoms. The van der Waals surface area contributed by atoms with Gasteiger partial charge < -0.3 is 10.3 Å². The molecular weight excluding hydrogens is 304 g/mol. The van der Waals surface area contributed by atoms with Crippen molar-refractivity contribution >= 4 is 27.5 Å². The molecule has 2 aromatic rings. The molecule has 4 nitrogen and oxygen atoms in total. The Balaban J connectivity index is 2.55. The minimum absolute atomic E-state index is 0.378. The smallest absolute Gasteiger partial charge is 0.164 e. The molecule has 17 heavy (non-hydrogen) atoms. The van der Waals surface area contributed by atoms with Crippen LogP contribution in [-0.4, -0.2) is 14.8 Å². The van der Waals surface area contributed by atoms with Gasteiger partial charge in [0.2, 0.25) is 0 Å². The largest absolute Gasteiger partial charge is 0.324 e. The Kier molecular flexibility index (Phi) is 3.81. The summed E-state index contributed by atoms with van der Waals surface area (Å²) >= 11 is 9.44. The SMILES string of the molecule is CCn1c(CN)nnc1-c1cc(Cl)cc(Br)c1. The summed E-state index contributed by atoms with van der Waals surface area (Å²) in [5.74, 6) is 1.56. The van der Waals surface area contributed by atoms with Crippen molar-refractivity contribution < 1.29 is 0 Å². The van der Waals surface area contributed by atoms with Crippen LogP contribution in [0.15, 0.2) is 22.7 Å². The monoisotopic (exact) mass is 314 g/mol. The number of nitrogens with two attached hydrogens (primary N) is 1. The Hall–Kier alpha value is -0.910. The van der Waals surface area contributed by atoms with Crippen LogP contribution in [0.1, 0.15) is 12.7 Å². The fourth-order valence-corrected chi connectivity index (χ4v) is 2.58. The van der Waals surface area contributed by atoms with E-state index in [0.29, 0.717) is 11.6 Å². The zero-order valence-electron chi connectivity index (χ0n) is 9.32. The van der Waals surface area contributed by atoms with Crippen LogP contribution >= 0.6 is 27.5 Å². The highest BCUT2D eigenvalue weighted by Gasteiger charge is 2.12. The van der Waals surface area contributed by atoms with E-state index >= 15 is 0 Å². The Labute approximate surface area is 113 Å². The third-order valence-corrected chi connectivity index (χ3v) is 3.12. The quantitative estimate of drug-likeness (QED) is 0.947. The minimum atomic E-state index is 0.378. The fourth-order valence-electron chi connectivity index (χ4n) is 1.72. The van der Waals surface area contributed by atoms with E-state index in [0.717, 1.165) is 28.2 Å². The van der Waals surface area contributed by atoms with E-state index in [1.165, 1.54) is 0 Å². The van der Waals surface area contributed by atoms with Gasteiger partial charge in [0, 0.05) is 21.6 Å². The van der Waals surface area contributed by atoms with Crippen molar-refractivity contribution in [1.29, 1.82) is 0 Å². The first-order valence-corrected chi connectivity index (χ1v) is 6.41. The summed E-state index contributed by atoms with van der Waals surface area (Å²) in [6.45, 7) is 3.19. The van der Waals surface area contributed by atoms with Gasteiger partial charge in [0.15, 0.2) is 5.82 Å². The molecule has 0 fully saturated rings. The zero-order chi connectivity index (χ0) is 12.4. The minimum Gasteiger partial charge on any atom is -0.324 e. The van der Waals surface area contributed by atoms with Gasteiger partial charge in [-0.15, -0.1) is 10.2 Å². The van der Waals surface area contributed by atoms with Gasteiger partial charge in [-0.1, -0.05) is 27.5 Å². The molecule has 0 aliphatic rings. The zero-order valence-corrected chi connectivity index (χ0v) is 11.7. The lowest BCUT2D eigenvalue weighted by atomic mass is 10.2. The third kappa shape index (κ3) is 2.51. The molecule has 0 saturated carbocycles. The highest BCUT2D eigenvalue weighted by Crippen LogP contribution is 2.26. The lowest BCUT2D eigenvalue weighted by molar-refractivity contribution is 0.704. The summed E-state index contributed by atoms with van der Waals surface area (Å²) in [4.78, 5) is 0. The summed E-state index contributed by atoms with van der Waals surface area (Å²) in [5, 5.41) is 8.90. The van der Waals surface area contributed by atoms with Crippen LogP contribution < -0.4 is 5.73 Å². The summed E-state index contributed by atoms with van der Waals surface area (Å²) in [5.41, 5.74) is 6.55. The molecule has 0 aliphatic carbocycles. The first-order chi connectivity index (χ1) is 8.15. The molecule has 0 bridgehead atoms. The number of aromatic nitrogens is 3. The Bertz CT molecular complexity index is 518. The van der Waals surface area contributed by atoms with Gasteiger partial charge in [0.25, 0.3) is 0 Å². The number of benzene rings is 1. The van der Waals surface area contributed by atoms with Crippen LogP contribution in [0.2, 0.25) is 5.02 Å². The number of halogens is 2. The van der Waals surface area contributed by atoms with E-state index in [4.69, 9.17) is 17.3 Å². The Morgan fingerprint density at radius 3 is 2.71 bits per heavy atom. The first kappa shape index (κ1) is 12.5. The summed E-state index contributed by atoms with van der Waals surface area (Å²) in [7, 11) is 0. The van der Waals surface area contributed by atoms with Crippen molar-refractivity contribution in [1.82, 2.24) is 14.8 Å². The van der Waals surface area contributed by atoms with E-state index in [9.17, 15) is 0 Å². The molecule has 1 aromatic heterocycles. The van der Waals surface area contributed by atoms with E-state index in [1.807, 2.05) is 29.7 Å². The van der Waals surface area contributed by atoms with Crippen LogP contribution in [0.25, 0.3) is 11.4 Å². The van der Waals surface area contributed by atoms with Gasteiger partial charge in [-0.3, -0.25) is 0 Å². The van der Waals surface area contributed by atoms with Gasteiger partial charge in [0.1, 0.15) is 5.82 Å². The molecule has 2 rings (SSSR count). The van der Waals surface area contributed by atoms with Crippen LogP contribution in [0.5, 0.6) is 0 Å². The van der Waals surface area contributed by atoms with Crippen LogP contribution in [-0.2, 0) is 13.1 Å². The number of hydrogen-bond donors (Lipinski definition) is 1. The fraction of sp³-hybridized carbons (Fsp3) is 0.273. The number of nitrogens with zero attached hydrogens (tertiary/aromatic N) is 3. The summed E-state index contributed by atoms with van der Waals surface area (Å²) in [6.07, 6.45) is 0. The van der Waals surface area contributed by atoms with E-state index in [1.54, 1.807) is 0 Å². The molecule has 2 N–H and O–H groups in total. The molecule has 0 unspecified atom stereocenters. The van der Waals surface area contributed by atoms with Crippen LogP contribution in [0.3, 0.4) is 0 Å². The van der Waals surface area contributed by atoms with Crippen molar-refractivity contribution in [2.75, 3.05) is 0 Å². The highest BCUT2D eigenvalue weighted by molar-refractivity contribution is 9.10. The lowest BCUT2D eigenvalue weighted by Gasteiger charge is -2.07. The third-order valence-electron chi connectivity index (χ3n) is 2.45. The average Bonchev–Trinajstić information content (AvgIpc) is 2.70. The van der Waals surface area contributed by atoms with Crippen molar-refractivity contribution in [2.24, 2.45) is 5.73 Å². The molecule has 0 radical (unpaired) electrons. The normalized spacial score (nSPS) is 10.8. The van der Waals surface area contributed by atoms with Gasteiger partial charge in [0.05, 0.1) is 6.54 Å². The van der Waals surface area contributed by atoms with Crippen molar-refractivity contribution in [3.8, 4) is 11.4 Å². The van der Waals surface area contributed by atoms with E-state index in [-0.39, 0.29) is 0 Å².